The van der Waals surface area contributed by atoms with Crippen LogP contribution >= 0.6 is 0 Å². The number of aromatic nitrogens is 2. The summed E-state index contributed by atoms with van der Waals surface area (Å²) in [5.74, 6) is 2.96. The second kappa shape index (κ2) is 9.19. The SMILES string of the molecule is COc1cc(OC)cc(C(=O)N2CCN(c3ccnc(N4CCCCC4)n3)CC2)c1. The van der Waals surface area contributed by atoms with E-state index in [1.54, 1.807) is 32.4 Å². The number of piperazine rings is 1. The van der Waals surface area contributed by atoms with Gasteiger partial charge in [-0.25, -0.2) is 4.98 Å². The summed E-state index contributed by atoms with van der Waals surface area (Å²) in [6.07, 6.45) is 5.52. The molecule has 0 radical (unpaired) electrons. The van der Waals surface area contributed by atoms with Crippen molar-refractivity contribution in [3.05, 3.63) is 36.0 Å². The highest BCUT2D eigenvalue weighted by Gasteiger charge is 2.24. The lowest BCUT2D eigenvalue weighted by molar-refractivity contribution is 0.0745. The molecule has 0 bridgehead atoms. The van der Waals surface area contributed by atoms with Crippen LogP contribution in [-0.4, -0.2) is 74.3 Å². The minimum atomic E-state index is -0.0106. The lowest BCUT2D eigenvalue weighted by Crippen LogP contribution is -2.49. The molecule has 1 aromatic heterocycles. The van der Waals surface area contributed by atoms with E-state index in [2.05, 4.69) is 14.8 Å². The number of carbonyl (C=O) groups excluding carboxylic acids is 1. The van der Waals surface area contributed by atoms with Crippen LogP contribution in [0, 0.1) is 0 Å². The van der Waals surface area contributed by atoms with Gasteiger partial charge < -0.3 is 24.2 Å². The quantitative estimate of drug-likeness (QED) is 0.748. The van der Waals surface area contributed by atoms with E-state index in [1.807, 2.05) is 17.2 Å². The number of rotatable bonds is 5. The van der Waals surface area contributed by atoms with Crippen LogP contribution in [0.25, 0.3) is 0 Å². The molecule has 8 nitrogen and oxygen atoms in total. The van der Waals surface area contributed by atoms with Crippen molar-refractivity contribution in [3.63, 3.8) is 0 Å². The molecule has 4 rings (SSSR count). The molecule has 1 amide bonds. The van der Waals surface area contributed by atoms with E-state index >= 15 is 0 Å². The van der Waals surface area contributed by atoms with Crippen molar-refractivity contribution in [2.45, 2.75) is 19.3 Å². The fourth-order valence-electron chi connectivity index (χ4n) is 4.01. The Bertz CT molecular complexity index is 855. The van der Waals surface area contributed by atoms with Crippen LogP contribution in [0.3, 0.4) is 0 Å². The maximum absolute atomic E-state index is 13.0. The summed E-state index contributed by atoms with van der Waals surface area (Å²) in [4.78, 5) is 28.6. The number of anilines is 2. The third-order valence-electron chi connectivity index (χ3n) is 5.76. The molecule has 30 heavy (non-hydrogen) atoms. The zero-order chi connectivity index (χ0) is 20.9. The molecule has 2 aromatic rings. The van der Waals surface area contributed by atoms with Gasteiger partial charge in [0.2, 0.25) is 5.95 Å². The molecule has 3 heterocycles. The predicted molar refractivity (Wildman–Crippen MR) is 116 cm³/mol. The lowest BCUT2D eigenvalue weighted by atomic mass is 10.1. The highest BCUT2D eigenvalue weighted by molar-refractivity contribution is 5.95. The molecule has 2 aliphatic rings. The van der Waals surface area contributed by atoms with Crippen LogP contribution in [0.15, 0.2) is 30.5 Å². The fraction of sp³-hybridized carbons (Fsp3) is 0.500. The minimum absolute atomic E-state index is 0.0106. The first-order valence-electron chi connectivity index (χ1n) is 10.5. The van der Waals surface area contributed by atoms with Crippen LogP contribution in [0.4, 0.5) is 11.8 Å². The number of benzene rings is 1. The van der Waals surface area contributed by atoms with Crippen LogP contribution in [-0.2, 0) is 0 Å². The Labute approximate surface area is 177 Å². The summed E-state index contributed by atoms with van der Waals surface area (Å²) in [5.41, 5.74) is 0.578. The van der Waals surface area contributed by atoms with E-state index < -0.39 is 0 Å². The van der Waals surface area contributed by atoms with Gasteiger partial charge in [-0.15, -0.1) is 0 Å². The normalized spacial score (nSPS) is 17.1. The number of methoxy groups -OCH3 is 2. The maximum Gasteiger partial charge on any atom is 0.254 e. The zero-order valence-electron chi connectivity index (χ0n) is 17.7. The number of ether oxygens (including phenoxy) is 2. The van der Waals surface area contributed by atoms with Crippen molar-refractivity contribution in [1.29, 1.82) is 0 Å². The van der Waals surface area contributed by atoms with Gasteiger partial charge >= 0.3 is 0 Å². The van der Waals surface area contributed by atoms with Crippen molar-refractivity contribution in [2.75, 3.05) is 63.3 Å². The van der Waals surface area contributed by atoms with Crippen molar-refractivity contribution in [3.8, 4) is 11.5 Å². The third kappa shape index (κ3) is 4.42. The molecule has 2 fully saturated rings. The Hall–Kier alpha value is -3.03. The standard InChI is InChI=1S/C22H29N5O3/c1-29-18-14-17(15-19(16-18)30-2)21(28)26-12-10-25(11-13-26)20-6-7-23-22(24-20)27-8-4-3-5-9-27/h6-7,14-16H,3-5,8-13H2,1-2H3. The maximum atomic E-state index is 13.0. The zero-order valence-corrected chi connectivity index (χ0v) is 17.7. The van der Waals surface area contributed by atoms with Gasteiger partial charge in [0.05, 0.1) is 14.2 Å². The van der Waals surface area contributed by atoms with Gasteiger partial charge in [-0.05, 0) is 37.5 Å². The number of piperidine rings is 1. The van der Waals surface area contributed by atoms with E-state index in [0.29, 0.717) is 30.2 Å². The first kappa shape index (κ1) is 20.3. The molecule has 0 N–H and O–H groups in total. The van der Waals surface area contributed by atoms with E-state index in [0.717, 1.165) is 37.9 Å². The van der Waals surface area contributed by atoms with Gasteiger partial charge in [-0.2, -0.15) is 4.98 Å². The van der Waals surface area contributed by atoms with Gasteiger partial charge in [-0.1, -0.05) is 0 Å². The summed E-state index contributed by atoms with van der Waals surface area (Å²) in [7, 11) is 3.17. The van der Waals surface area contributed by atoms with Crippen molar-refractivity contribution in [2.24, 2.45) is 0 Å². The number of hydrogen-bond acceptors (Lipinski definition) is 7. The lowest BCUT2D eigenvalue weighted by Gasteiger charge is -2.36. The van der Waals surface area contributed by atoms with Gasteiger partial charge in [0.15, 0.2) is 0 Å². The van der Waals surface area contributed by atoms with Crippen LogP contribution in [0.2, 0.25) is 0 Å². The molecule has 0 unspecified atom stereocenters. The van der Waals surface area contributed by atoms with Gasteiger partial charge in [0.25, 0.3) is 5.91 Å². The summed E-state index contributed by atoms with van der Waals surface area (Å²) < 4.78 is 10.6. The second-order valence-electron chi connectivity index (χ2n) is 7.64. The van der Waals surface area contributed by atoms with Crippen molar-refractivity contribution < 1.29 is 14.3 Å². The number of nitrogens with zero attached hydrogens (tertiary/aromatic N) is 5. The Morgan fingerprint density at radius 1 is 0.867 bits per heavy atom. The van der Waals surface area contributed by atoms with Crippen LogP contribution in [0.1, 0.15) is 29.6 Å². The number of hydrogen-bond donors (Lipinski definition) is 0. The van der Waals surface area contributed by atoms with E-state index in [1.165, 1.54) is 19.3 Å². The molecule has 2 aliphatic heterocycles. The minimum Gasteiger partial charge on any atom is -0.497 e. The number of carbonyl (C=O) groups is 1. The Kier molecular flexibility index (Phi) is 6.21. The predicted octanol–water partition coefficient (Wildman–Crippen LogP) is 2.45. The summed E-state index contributed by atoms with van der Waals surface area (Å²) >= 11 is 0. The third-order valence-corrected chi connectivity index (χ3v) is 5.76. The molecular formula is C22H29N5O3. The topological polar surface area (TPSA) is 71.0 Å². The average Bonchev–Trinajstić information content (AvgIpc) is 2.84. The molecule has 0 saturated carbocycles. The van der Waals surface area contributed by atoms with Gasteiger partial charge in [0, 0.05) is 57.1 Å². The molecule has 160 valence electrons. The van der Waals surface area contributed by atoms with Gasteiger partial charge in [-0.3, -0.25) is 4.79 Å². The Morgan fingerprint density at radius 2 is 1.53 bits per heavy atom. The number of amides is 1. The summed E-state index contributed by atoms with van der Waals surface area (Å²) in [5, 5.41) is 0. The highest BCUT2D eigenvalue weighted by Crippen LogP contribution is 2.25. The molecule has 8 heteroatoms. The van der Waals surface area contributed by atoms with E-state index in [4.69, 9.17) is 14.5 Å². The first-order valence-corrected chi connectivity index (χ1v) is 10.5. The highest BCUT2D eigenvalue weighted by atomic mass is 16.5. The van der Waals surface area contributed by atoms with Crippen molar-refractivity contribution >= 4 is 17.7 Å². The van der Waals surface area contributed by atoms with Crippen LogP contribution < -0.4 is 19.3 Å². The largest absolute Gasteiger partial charge is 0.497 e. The smallest absolute Gasteiger partial charge is 0.254 e. The Balaban J connectivity index is 1.41. The molecule has 0 spiro atoms. The monoisotopic (exact) mass is 411 g/mol. The molecule has 1 aromatic carbocycles. The fourth-order valence-corrected chi connectivity index (χ4v) is 4.01. The van der Waals surface area contributed by atoms with Crippen molar-refractivity contribution in [1.82, 2.24) is 14.9 Å². The molecule has 2 saturated heterocycles. The summed E-state index contributed by atoms with van der Waals surface area (Å²) in [6, 6.07) is 7.24. The van der Waals surface area contributed by atoms with Gasteiger partial charge in [0.1, 0.15) is 17.3 Å². The van der Waals surface area contributed by atoms with E-state index in [-0.39, 0.29) is 5.91 Å². The molecule has 0 atom stereocenters. The average molecular weight is 412 g/mol. The summed E-state index contributed by atoms with van der Waals surface area (Å²) in [6.45, 7) is 4.81. The molecular weight excluding hydrogens is 382 g/mol. The van der Waals surface area contributed by atoms with Crippen LogP contribution in [0.5, 0.6) is 11.5 Å². The van der Waals surface area contributed by atoms with E-state index in [9.17, 15) is 4.79 Å². The second-order valence-corrected chi connectivity index (χ2v) is 7.64. The molecule has 0 aliphatic carbocycles. The first-order chi connectivity index (χ1) is 14.7. The Morgan fingerprint density at radius 3 is 2.17 bits per heavy atom.